The number of oxime groups is 1. The number of amides is 3. The molecule has 6 rings (SSSR count). The predicted octanol–water partition coefficient (Wildman–Crippen LogP) is 0.347. The van der Waals surface area contributed by atoms with Gasteiger partial charge in [0.25, 0.3) is 23.3 Å². The fourth-order valence-corrected chi connectivity index (χ4v) is 6.02. The molecule has 4 aromatic rings. The van der Waals surface area contributed by atoms with Gasteiger partial charge >= 0.3 is 6.09 Å². The number of aromatic nitrogens is 2. The van der Waals surface area contributed by atoms with Gasteiger partial charge < -0.3 is 29.8 Å². The Hall–Kier alpha value is -5.64. The van der Waals surface area contributed by atoms with Gasteiger partial charge in [0.1, 0.15) is 23.4 Å². The number of carbonyl (C=O) groups is 4. The number of anilines is 2. The van der Waals surface area contributed by atoms with Crippen LogP contribution in [0.3, 0.4) is 0 Å². The number of β-lactam (4-membered cyclic amide) rings is 1. The Balaban J connectivity index is 1.19. The molecule has 2 aliphatic heterocycles. The second-order valence-electron chi connectivity index (χ2n) is 9.29. The third-order valence-corrected chi connectivity index (χ3v) is 7.94. The van der Waals surface area contributed by atoms with E-state index in [2.05, 4.69) is 20.8 Å². The Morgan fingerprint density at radius 1 is 1.19 bits per heavy atom. The summed E-state index contributed by atoms with van der Waals surface area (Å²) < 4.78 is 12.2. The number of hydrogen-bond donors (Lipinski definition) is 3. The van der Waals surface area contributed by atoms with E-state index < -0.39 is 41.0 Å². The monoisotopic (exact) mass is 603 g/mol. The Morgan fingerprint density at radius 3 is 2.74 bits per heavy atom. The molecule has 1 fully saturated rings. The minimum absolute atomic E-state index is 0.162. The van der Waals surface area contributed by atoms with Crippen molar-refractivity contribution in [3.05, 3.63) is 84.2 Å². The van der Waals surface area contributed by atoms with Gasteiger partial charge in [0.15, 0.2) is 24.0 Å². The molecule has 0 spiro atoms. The number of benzene rings is 1. The van der Waals surface area contributed by atoms with Crippen LogP contribution in [0, 0.1) is 0 Å². The normalized spacial score (nSPS) is 18.2. The molecule has 0 radical (unpaired) electrons. The van der Waals surface area contributed by atoms with E-state index >= 15 is 0 Å². The molecule has 2 atom stereocenters. The third kappa shape index (κ3) is 5.38. The summed E-state index contributed by atoms with van der Waals surface area (Å²) in [6, 6.07) is 12.3. The minimum atomic E-state index is -1.52. The van der Waals surface area contributed by atoms with Crippen LogP contribution in [0.1, 0.15) is 5.69 Å². The number of nitrogens with one attached hydrogen (secondary N) is 2. The number of para-hydroxylation sites is 1. The summed E-state index contributed by atoms with van der Waals surface area (Å²) >= 11 is 1.27. The van der Waals surface area contributed by atoms with Gasteiger partial charge in [0, 0.05) is 29.1 Å². The van der Waals surface area contributed by atoms with Gasteiger partial charge in [-0.2, -0.15) is 9.55 Å². The molecule has 16 heteroatoms. The van der Waals surface area contributed by atoms with Crippen molar-refractivity contribution in [1.82, 2.24) is 15.2 Å². The molecule has 15 nitrogen and oxygen atoms in total. The molecule has 1 unspecified atom stereocenters. The number of carboxylic acid groups (broad SMARTS) is 1. The number of hydrogen-bond acceptors (Lipinski definition) is 12. The maximum Gasteiger partial charge on any atom is 0.437 e. The molecule has 4 N–H and O–H groups in total. The average molecular weight is 604 g/mol. The van der Waals surface area contributed by atoms with Crippen molar-refractivity contribution in [2.75, 3.05) is 16.8 Å². The van der Waals surface area contributed by atoms with Gasteiger partial charge in [0.2, 0.25) is 0 Å². The maximum absolute atomic E-state index is 13.3. The first-order chi connectivity index (χ1) is 20.8. The highest BCUT2D eigenvalue weighted by atomic mass is 32.2. The zero-order chi connectivity index (χ0) is 30.1. The largest absolute Gasteiger partial charge is 0.543 e. The van der Waals surface area contributed by atoms with Crippen LogP contribution in [0.15, 0.2) is 92.5 Å². The molecule has 43 heavy (non-hydrogen) atoms. The molecule has 0 saturated carbocycles. The molecule has 3 amide bonds. The average Bonchev–Trinajstić information content (AvgIpc) is 3.66. The smallest absolute Gasteiger partial charge is 0.437 e. The first-order valence-corrected chi connectivity index (χ1v) is 13.7. The second kappa shape index (κ2) is 11.3. The summed E-state index contributed by atoms with van der Waals surface area (Å²) in [6.07, 6.45) is 3.33. The fraction of sp³-hybridized carbons (Fsp3) is 0.148. The number of rotatable bonds is 8. The number of fused-ring (bicyclic) bond motifs is 2. The lowest BCUT2D eigenvalue weighted by molar-refractivity contribution is -0.663. The number of aliphatic carboxylic acids is 1. The van der Waals surface area contributed by atoms with Crippen molar-refractivity contribution < 1.29 is 42.5 Å². The SMILES string of the molecule is Nc1nc(/C(=N/OC(=O)Nc2ccccc2)C(=O)NC2C(=O)N3C(C(=O)[O-])=C(C[n+]4cccc5occc54)CS[C@H]23)co1. The number of nitrogens with two attached hydrogens (primary N) is 1. The van der Waals surface area contributed by atoms with Crippen molar-refractivity contribution in [2.24, 2.45) is 5.16 Å². The third-order valence-electron chi connectivity index (χ3n) is 6.60. The Labute approximate surface area is 246 Å². The van der Waals surface area contributed by atoms with Crippen molar-refractivity contribution in [2.45, 2.75) is 18.0 Å². The first kappa shape index (κ1) is 27.5. The second-order valence-corrected chi connectivity index (χ2v) is 10.4. The molecule has 0 bridgehead atoms. The van der Waals surface area contributed by atoms with Crippen molar-refractivity contribution in [3.8, 4) is 0 Å². The van der Waals surface area contributed by atoms with E-state index in [0.29, 0.717) is 16.8 Å². The number of furan rings is 1. The van der Waals surface area contributed by atoms with E-state index in [1.807, 2.05) is 4.57 Å². The van der Waals surface area contributed by atoms with Crippen LogP contribution in [0.4, 0.5) is 16.5 Å². The topological polar surface area (TPSA) is 209 Å². The first-order valence-electron chi connectivity index (χ1n) is 12.7. The lowest BCUT2D eigenvalue weighted by Crippen LogP contribution is -2.71. The van der Waals surface area contributed by atoms with Crippen LogP contribution in [-0.4, -0.2) is 56.6 Å². The standard InChI is InChI=1S/C27H21N7O8S/c28-26-30-16(12-41-26)19(32-42-27(39)29-15-5-2-1-3-6-15)22(35)31-20-23(36)34-21(25(37)38)14(13-43-24(20)34)11-33-9-4-7-18-17(33)8-10-40-18/h1-10,12,20,24H,11,13H2,(H4-,28,29,30,31,35,37,38,39)/b32-19-/t20?,24-/m1/s1. The number of pyridine rings is 1. The molecule has 218 valence electrons. The minimum Gasteiger partial charge on any atom is -0.543 e. The lowest BCUT2D eigenvalue weighted by atomic mass is 10.0. The van der Waals surface area contributed by atoms with Gasteiger partial charge in [0.05, 0.1) is 17.9 Å². The van der Waals surface area contributed by atoms with E-state index in [1.54, 1.807) is 54.7 Å². The highest BCUT2D eigenvalue weighted by Gasteiger charge is 2.53. The molecule has 1 aromatic carbocycles. The van der Waals surface area contributed by atoms with E-state index in [4.69, 9.17) is 19.4 Å². The molecule has 3 aromatic heterocycles. The number of carbonyl (C=O) groups excluding carboxylic acids is 4. The van der Waals surface area contributed by atoms with Crippen LogP contribution in [-0.2, 0) is 25.8 Å². The predicted molar refractivity (Wildman–Crippen MR) is 147 cm³/mol. The Bertz CT molecular complexity index is 1820. The van der Waals surface area contributed by atoms with E-state index in [1.165, 1.54) is 18.0 Å². The maximum atomic E-state index is 13.3. The quantitative estimate of drug-likeness (QED) is 0.0822. The van der Waals surface area contributed by atoms with Gasteiger partial charge in [-0.1, -0.05) is 23.4 Å². The zero-order valence-corrected chi connectivity index (χ0v) is 22.8. The van der Waals surface area contributed by atoms with E-state index in [-0.39, 0.29) is 29.7 Å². The van der Waals surface area contributed by atoms with Gasteiger partial charge in [-0.05, 0) is 18.2 Å². The zero-order valence-electron chi connectivity index (χ0n) is 22.0. The van der Waals surface area contributed by atoms with E-state index in [0.717, 1.165) is 16.7 Å². The van der Waals surface area contributed by atoms with Gasteiger partial charge in [-0.3, -0.25) is 24.6 Å². The number of nitrogen functional groups attached to an aromatic ring is 1. The molecule has 0 aliphatic carbocycles. The summed E-state index contributed by atoms with van der Waals surface area (Å²) in [5.41, 5.74) is 6.86. The van der Waals surface area contributed by atoms with Crippen LogP contribution in [0.5, 0.6) is 0 Å². The van der Waals surface area contributed by atoms with Crippen LogP contribution < -0.4 is 26.0 Å². The summed E-state index contributed by atoms with van der Waals surface area (Å²) in [6.45, 7) is 0.174. The molecular formula is C27H21N7O8S. The van der Waals surface area contributed by atoms with Crippen molar-refractivity contribution in [1.29, 1.82) is 0 Å². The Kier molecular flexibility index (Phi) is 7.25. The highest BCUT2D eigenvalue weighted by molar-refractivity contribution is 8.00. The van der Waals surface area contributed by atoms with E-state index in [9.17, 15) is 24.3 Å². The molecule has 2 aliphatic rings. The summed E-state index contributed by atoms with van der Waals surface area (Å²) in [5.74, 6) is -2.88. The number of oxazole rings is 1. The lowest BCUT2D eigenvalue weighted by Gasteiger charge is -2.50. The van der Waals surface area contributed by atoms with Crippen LogP contribution in [0.2, 0.25) is 0 Å². The summed E-state index contributed by atoms with van der Waals surface area (Å²) in [5, 5.41) is 20.1. The van der Waals surface area contributed by atoms with Crippen molar-refractivity contribution in [3.63, 3.8) is 0 Å². The fourth-order valence-electron chi connectivity index (χ4n) is 4.69. The summed E-state index contributed by atoms with van der Waals surface area (Å²) in [7, 11) is 0. The summed E-state index contributed by atoms with van der Waals surface area (Å²) in [4.78, 5) is 60.7. The number of carboxylic acids is 1. The molecule has 5 heterocycles. The number of nitrogens with zero attached hydrogens (tertiary/aromatic N) is 4. The van der Waals surface area contributed by atoms with Crippen LogP contribution in [0.25, 0.3) is 11.1 Å². The molecule has 1 saturated heterocycles. The number of thioether (sulfide) groups is 1. The van der Waals surface area contributed by atoms with Gasteiger partial charge in [-0.25, -0.2) is 4.79 Å². The van der Waals surface area contributed by atoms with Crippen molar-refractivity contribution >= 4 is 64.2 Å². The van der Waals surface area contributed by atoms with Crippen LogP contribution >= 0.6 is 11.8 Å². The highest BCUT2D eigenvalue weighted by Crippen LogP contribution is 2.40. The molecular weight excluding hydrogens is 582 g/mol. The van der Waals surface area contributed by atoms with Gasteiger partial charge in [-0.15, -0.1) is 11.8 Å². The Morgan fingerprint density at radius 2 is 2.00 bits per heavy atom.